The van der Waals surface area contributed by atoms with Crippen molar-refractivity contribution in [2.75, 3.05) is 13.1 Å². The Balaban J connectivity index is 1.52. The van der Waals surface area contributed by atoms with Crippen LogP contribution < -0.4 is 5.32 Å². The molecule has 4 rings (SSSR count). The van der Waals surface area contributed by atoms with Crippen molar-refractivity contribution in [3.63, 3.8) is 0 Å². The zero-order valence-electron chi connectivity index (χ0n) is 21.2. The molecule has 1 atom stereocenters. The first-order chi connectivity index (χ1) is 17.2. The summed E-state index contributed by atoms with van der Waals surface area (Å²) in [6, 6.07) is 11.9. The Hall–Kier alpha value is -3.55. The number of rotatable bonds is 8. The summed E-state index contributed by atoms with van der Waals surface area (Å²) in [5.41, 5.74) is 0.499. The van der Waals surface area contributed by atoms with E-state index in [1.165, 1.54) is 11.8 Å². The van der Waals surface area contributed by atoms with Gasteiger partial charge in [-0.15, -0.1) is 0 Å². The van der Waals surface area contributed by atoms with Crippen LogP contribution in [0.3, 0.4) is 0 Å². The van der Waals surface area contributed by atoms with Gasteiger partial charge in [-0.3, -0.25) is 24.3 Å². The van der Waals surface area contributed by atoms with Gasteiger partial charge in [0.25, 0.3) is 11.8 Å². The number of hydrogen-bond acceptors (Lipinski definition) is 5. The minimum Gasteiger partial charge on any atom is -0.339 e. The van der Waals surface area contributed by atoms with E-state index < -0.39 is 5.54 Å². The number of nitrogens with zero attached hydrogens (tertiary/aromatic N) is 3. The molecule has 1 aromatic heterocycles. The summed E-state index contributed by atoms with van der Waals surface area (Å²) in [5, 5.41) is 3.07. The van der Waals surface area contributed by atoms with Crippen LogP contribution in [0, 0.1) is 11.8 Å². The maximum absolute atomic E-state index is 13.8. The number of imide groups is 1. The molecule has 0 aliphatic carbocycles. The van der Waals surface area contributed by atoms with Gasteiger partial charge in [-0.25, -0.2) is 4.79 Å². The number of carbonyl (C=O) groups excluding carboxylic acids is 4. The average Bonchev–Trinajstić information content (AvgIpc) is 3.13. The third kappa shape index (κ3) is 5.03. The highest BCUT2D eigenvalue weighted by atomic mass is 16.2. The van der Waals surface area contributed by atoms with Crippen LogP contribution in [0.2, 0.25) is 0 Å². The number of pyridine rings is 1. The van der Waals surface area contributed by atoms with Crippen LogP contribution >= 0.6 is 0 Å². The van der Waals surface area contributed by atoms with Crippen LogP contribution in [0.4, 0.5) is 4.79 Å². The van der Waals surface area contributed by atoms with E-state index in [1.54, 1.807) is 47.5 Å². The Bertz CT molecular complexity index is 1140. The Morgan fingerprint density at radius 3 is 2.33 bits per heavy atom. The fraction of sp³-hybridized carbons (Fsp3) is 0.464. The van der Waals surface area contributed by atoms with Gasteiger partial charge in [-0.05, 0) is 62.6 Å². The fourth-order valence-corrected chi connectivity index (χ4v) is 5.33. The number of carbonyl (C=O) groups is 4. The summed E-state index contributed by atoms with van der Waals surface area (Å²) in [7, 11) is 0. The molecular weight excluding hydrogens is 456 g/mol. The lowest BCUT2D eigenvalue weighted by Gasteiger charge is -2.41. The second-order valence-corrected chi connectivity index (χ2v) is 10.2. The van der Waals surface area contributed by atoms with Crippen LogP contribution in [0.15, 0.2) is 48.7 Å². The van der Waals surface area contributed by atoms with Crippen molar-refractivity contribution in [1.82, 2.24) is 20.1 Å². The van der Waals surface area contributed by atoms with Gasteiger partial charge in [0.15, 0.2) is 5.78 Å². The molecule has 0 saturated carbocycles. The molecule has 0 radical (unpaired) electrons. The Labute approximate surface area is 212 Å². The van der Waals surface area contributed by atoms with Crippen molar-refractivity contribution >= 4 is 23.6 Å². The Morgan fingerprint density at radius 2 is 1.72 bits per heavy atom. The number of benzene rings is 1. The van der Waals surface area contributed by atoms with Crippen LogP contribution in [0.25, 0.3) is 0 Å². The zero-order valence-corrected chi connectivity index (χ0v) is 21.2. The largest absolute Gasteiger partial charge is 0.339 e. The average molecular weight is 491 g/mol. The summed E-state index contributed by atoms with van der Waals surface area (Å²) in [4.78, 5) is 59.4. The van der Waals surface area contributed by atoms with Crippen molar-refractivity contribution in [2.24, 2.45) is 11.8 Å². The number of Topliss-reactive ketones (excluding diaryl/α,β-unsaturated/α-hetero) is 1. The lowest BCUT2D eigenvalue weighted by atomic mass is 9.73. The lowest BCUT2D eigenvalue weighted by Crippen LogP contribution is -2.56. The van der Waals surface area contributed by atoms with Crippen molar-refractivity contribution in [1.29, 1.82) is 0 Å². The van der Waals surface area contributed by atoms with Gasteiger partial charge in [-0.2, -0.15) is 0 Å². The number of nitrogens with one attached hydrogen (secondary N) is 1. The first-order valence-corrected chi connectivity index (χ1v) is 12.7. The molecule has 2 aromatic rings. The van der Waals surface area contributed by atoms with E-state index in [-0.39, 0.29) is 36.1 Å². The smallest absolute Gasteiger partial charge is 0.325 e. The number of ketones is 1. The molecule has 2 aliphatic rings. The predicted octanol–water partition coefficient (Wildman–Crippen LogP) is 4.06. The molecule has 36 heavy (non-hydrogen) atoms. The Morgan fingerprint density at radius 1 is 1.06 bits per heavy atom. The first kappa shape index (κ1) is 25.5. The van der Waals surface area contributed by atoms with Crippen LogP contribution in [0.5, 0.6) is 0 Å². The number of piperidine rings is 1. The standard InChI is InChI=1S/C28H34N4O4/c1-19(2)11-14-28(26(35)32(27(36)30-28)18-22-8-6-7-15-29-22)21-12-16-31(17-13-21)25(34)24-10-5-4-9-23(24)20(3)33/h4-10,15,19,21H,11-14,16-18H2,1-3H3,(H,30,36)/t28-/m1/s1. The van der Waals surface area contributed by atoms with Gasteiger partial charge in [0.2, 0.25) is 0 Å². The summed E-state index contributed by atoms with van der Waals surface area (Å²) in [6.07, 6.45) is 4.19. The molecule has 1 aromatic carbocycles. The van der Waals surface area contributed by atoms with Crippen LogP contribution in [-0.4, -0.2) is 57.0 Å². The van der Waals surface area contributed by atoms with Gasteiger partial charge >= 0.3 is 6.03 Å². The highest BCUT2D eigenvalue weighted by Crippen LogP contribution is 2.38. The van der Waals surface area contributed by atoms with E-state index in [4.69, 9.17) is 0 Å². The summed E-state index contributed by atoms with van der Waals surface area (Å²) in [6.45, 7) is 6.73. The van der Waals surface area contributed by atoms with Gasteiger partial charge in [-0.1, -0.05) is 38.1 Å². The number of amides is 4. The molecule has 4 amide bonds. The predicted molar refractivity (Wildman–Crippen MR) is 135 cm³/mol. The zero-order chi connectivity index (χ0) is 25.9. The van der Waals surface area contributed by atoms with E-state index in [2.05, 4.69) is 24.1 Å². The van der Waals surface area contributed by atoms with E-state index >= 15 is 0 Å². The lowest BCUT2D eigenvalue weighted by molar-refractivity contribution is -0.134. The molecule has 1 N–H and O–H groups in total. The number of hydrogen-bond donors (Lipinski definition) is 1. The highest BCUT2D eigenvalue weighted by Gasteiger charge is 2.55. The summed E-state index contributed by atoms with van der Waals surface area (Å²) < 4.78 is 0. The fourth-order valence-electron chi connectivity index (χ4n) is 5.33. The van der Waals surface area contributed by atoms with E-state index in [0.717, 1.165) is 6.42 Å². The first-order valence-electron chi connectivity index (χ1n) is 12.7. The Kier molecular flexibility index (Phi) is 7.52. The molecule has 0 spiro atoms. The normalized spacial score (nSPS) is 20.7. The SMILES string of the molecule is CC(=O)c1ccccc1C(=O)N1CCC([C@@]2(CCC(C)C)NC(=O)N(Cc3ccccn3)C2=O)CC1. The minimum absolute atomic E-state index is 0.0893. The molecule has 8 heteroatoms. The second kappa shape index (κ2) is 10.6. The maximum atomic E-state index is 13.8. The van der Waals surface area contributed by atoms with Gasteiger partial charge < -0.3 is 10.2 Å². The molecule has 3 heterocycles. The molecule has 0 bridgehead atoms. The van der Waals surface area contributed by atoms with Gasteiger partial charge in [0.05, 0.1) is 17.8 Å². The van der Waals surface area contributed by atoms with Gasteiger partial charge in [0, 0.05) is 24.8 Å². The second-order valence-electron chi connectivity index (χ2n) is 10.2. The molecule has 190 valence electrons. The van der Waals surface area contributed by atoms with E-state index in [1.807, 2.05) is 6.07 Å². The van der Waals surface area contributed by atoms with Crippen molar-refractivity contribution in [3.05, 3.63) is 65.5 Å². The van der Waals surface area contributed by atoms with E-state index in [0.29, 0.717) is 55.1 Å². The quantitative estimate of drug-likeness (QED) is 0.444. The topological polar surface area (TPSA) is 99.7 Å². The number of likely N-dealkylation sites (tertiary alicyclic amines) is 1. The summed E-state index contributed by atoms with van der Waals surface area (Å²) in [5.74, 6) is -0.233. The molecule has 2 aliphatic heterocycles. The monoisotopic (exact) mass is 490 g/mol. The molecule has 8 nitrogen and oxygen atoms in total. The van der Waals surface area contributed by atoms with Crippen LogP contribution in [-0.2, 0) is 11.3 Å². The summed E-state index contributed by atoms with van der Waals surface area (Å²) >= 11 is 0. The third-order valence-electron chi connectivity index (χ3n) is 7.38. The maximum Gasteiger partial charge on any atom is 0.325 e. The molecular formula is C28H34N4O4. The number of aromatic nitrogens is 1. The van der Waals surface area contributed by atoms with Gasteiger partial charge in [0.1, 0.15) is 5.54 Å². The highest BCUT2D eigenvalue weighted by molar-refractivity contribution is 6.08. The van der Waals surface area contributed by atoms with Crippen LogP contribution in [0.1, 0.15) is 72.9 Å². The molecule has 0 unspecified atom stereocenters. The molecule has 2 saturated heterocycles. The molecule has 2 fully saturated rings. The third-order valence-corrected chi connectivity index (χ3v) is 7.38. The van der Waals surface area contributed by atoms with Crippen molar-refractivity contribution in [2.45, 2.75) is 58.5 Å². The van der Waals surface area contributed by atoms with E-state index in [9.17, 15) is 19.2 Å². The minimum atomic E-state index is -0.984. The van der Waals surface area contributed by atoms with Crippen molar-refractivity contribution in [3.8, 4) is 0 Å². The number of urea groups is 1. The van der Waals surface area contributed by atoms with Crippen molar-refractivity contribution < 1.29 is 19.2 Å².